The number of Topliss-reactive ketones (excluding diaryl/α,β-unsaturated/α-hetero) is 1. The Labute approximate surface area is 154 Å². The Kier molecular flexibility index (Phi) is 4.88. The van der Waals surface area contributed by atoms with E-state index in [4.69, 9.17) is 26.3 Å². The molecule has 0 bridgehead atoms. The summed E-state index contributed by atoms with van der Waals surface area (Å²) < 4.78 is 48.5. The van der Waals surface area contributed by atoms with E-state index >= 15 is 0 Å². The number of rotatable bonds is 5. The van der Waals surface area contributed by atoms with Gasteiger partial charge in [-0.05, 0) is 11.6 Å². The van der Waals surface area contributed by atoms with Gasteiger partial charge in [0, 0.05) is 5.56 Å². The lowest BCUT2D eigenvalue weighted by Crippen LogP contribution is -2.17. The highest BCUT2D eigenvalue weighted by Gasteiger charge is 2.41. The molecule has 2 aromatic rings. The molecule has 0 fully saturated rings. The van der Waals surface area contributed by atoms with Crippen LogP contribution in [0.15, 0.2) is 60.2 Å². The summed E-state index contributed by atoms with van der Waals surface area (Å²) in [5.41, 5.74) is 5.88. The highest BCUT2D eigenvalue weighted by Crippen LogP contribution is 2.35. The molecule has 2 aromatic carbocycles. The largest absolute Gasteiger partial charge is 0.460 e. The summed E-state index contributed by atoms with van der Waals surface area (Å²) in [6.45, 7) is 0. The smallest absolute Gasteiger partial charge is 0.313 e. The molecule has 0 saturated heterocycles. The lowest BCUT2D eigenvalue weighted by Gasteiger charge is -2.11. The molecule has 0 unspecified atom stereocenters. The minimum absolute atomic E-state index is 0.162. The van der Waals surface area contributed by atoms with E-state index in [2.05, 4.69) is 0 Å². The molecule has 0 aliphatic carbocycles. The number of ether oxygens (including phenoxy) is 1. The van der Waals surface area contributed by atoms with Crippen molar-refractivity contribution in [2.75, 3.05) is 0 Å². The van der Waals surface area contributed by atoms with Gasteiger partial charge in [0.25, 0.3) is 0 Å². The maximum Gasteiger partial charge on any atom is 0.313 e. The molecule has 2 N–H and O–H groups in total. The van der Waals surface area contributed by atoms with E-state index in [0.717, 1.165) is 0 Å². The van der Waals surface area contributed by atoms with Crippen LogP contribution in [0.5, 0.6) is 0 Å². The van der Waals surface area contributed by atoms with Gasteiger partial charge in [0.1, 0.15) is 11.6 Å². The molecule has 136 valence electrons. The second kappa shape index (κ2) is 6.97. The van der Waals surface area contributed by atoms with E-state index < -0.39 is 45.2 Å². The van der Waals surface area contributed by atoms with E-state index in [1.54, 1.807) is 30.3 Å². The monoisotopic (exact) mass is 397 g/mol. The third-order valence-electron chi connectivity index (χ3n) is 3.59. The Morgan fingerprint density at radius 3 is 2.54 bits per heavy atom. The molecule has 1 aliphatic heterocycles. The number of hydrogen-bond acceptors (Lipinski definition) is 6. The van der Waals surface area contributed by atoms with Crippen molar-refractivity contribution < 1.29 is 26.5 Å². The van der Waals surface area contributed by atoms with Crippen molar-refractivity contribution in [2.45, 2.75) is 11.9 Å². The minimum atomic E-state index is -4.17. The number of carbonyl (C=O) groups is 1. The first-order valence-corrected chi connectivity index (χ1v) is 9.34. The predicted molar refractivity (Wildman–Crippen MR) is 91.6 cm³/mol. The second-order valence-corrected chi connectivity index (χ2v) is 7.45. The molecule has 0 spiro atoms. The maximum absolute atomic E-state index is 14.1. The van der Waals surface area contributed by atoms with Gasteiger partial charge >= 0.3 is 10.1 Å². The fourth-order valence-corrected chi connectivity index (χ4v) is 3.68. The van der Waals surface area contributed by atoms with Gasteiger partial charge in [-0.25, -0.2) is 4.39 Å². The van der Waals surface area contributed by atoms with Crippen molar-refractivity contribution in [1.82, 2.24) is 0 Å². The molecule has 9 heteroatoms. The van der Waals surface area contributed by atoms with Crippen LogP contribution in [-0.2, 0) is 29.6 Å². The zero-order valence-electron chi connectivity index (χ0n) is 13.2. The van der Waals surface area contributed by atoms with Crippen molar-refractivity contribution in [2.24, 2.45) is 5.73 Å². The van der Waals surface area contributed by atoms with Crippen LogP contribution in [0.1, 0.15) is 17.2 Å². The summed E-state index contributed by atoms with van der Waals surface area (Å²) in [6.07, 6.45) is -1.46. The number of halogens is 2. The zero-order valence-corrected chi connectivity index (χ0v) is 14.8. The van der Waals surface area contributed by atoms with Crippen LogP contribution in [0, 0.1) is 5.82 Å². The van der Waals surface area contributed by atoms with Crippen LogP contribution in [0.25, 0.3) is 0 Å². The Bertz CT molecular complexity index is 991. The third-order valence-corrected chi connectivity index (χ3v) is 4.99. The molecule has 0 amide bonds. The van der Waals surface area contributed by atoms with Gasteiger partial charge < -0.3 is 14.7 Å². The SMILES string of the molecule is NC1=C(OS(=O)(=O)Cc2ccccc2)C(=O)[C@@H](c2cccc(Cl)c2F)O1. The normalized spacial score (nSPS) is 17.3. The molecule has 1 heterocycles. The lowest BCUT2D eigenvalue weighted by molar-refractivity contribution is -0.123. The highest BCUT2D eigenvalue weighted by atomic mass is 35.5. The Balaban J connectivity index is 1.82. The predicted octanol–water partition coefficient (Wildman–Crippen LogP) is 2.79. The molecule has 6 nitrogen and oxygen atoms in total. The zero-order chi connectivity index (χ0) is 18.9. The fraction of sp³-hybridized carbons (Fsp3) is 0.118. The van der Waals surface area contributed by atoms with Gasteiger partial charge in [-0.3, -0.25) is 4.79 Å². The number of carbonyl (C=O) groups excluding carboxylic acids is 1. The first kappa shape index (κ1) is 18.2. The summed E-state index contributed by atoms with van der Waals surface area (Å²) in [4.78, 5) is 12.4. The third kappa shape index (κ3) is 3.66. The molecular formula is C17H13ClFNO5S. The molecule has 1 atom stereocenters. The average molecular weight is 398 g/mol. The van der Waals surface area contributed by atoms with E-state index in [9.17, 15) is 17.6 Å². The van der Waals surface area contributed by atoms with E-state index in [1.807, 2.05) is 0 Å². The van der Waals surface area contributed by atoms with Crippen molar-refractivity contribution in [3.8, 4) is 0 Å². The van der Waals surface area contributed by atoms with E-state index in [0.29, 0.717) is 5.56 Å². The lowest BCUT2D eigenvalue weighted by atomic mass is 10.1. The molecule has 1 aliphatic rings. The van der Waals surface area contributed by atoms with Crippen molar-refractivity contribution >= 4 is 27.5 Å². The topological polar surface area (TPSA) is 95.7 Å². The maximum atomic E-state index is 14.1. The van der Waals surface area contributed by atoms with Gasteiger partial charge in [0.05, 0.1) is 5.02 Å². The van der Waals surface area contributed by atoms with Crippen molar-refractivity contribution in [1.29, 1.82) is 0 Å². The van der Waals surface area contributed by atoms with Crippen LogP contribution in [0.3, 0.4) is 0 Å². The van der Waals surface area contributed by atoms with Gasteiger partial charge in [-0.15, -0.1) is 0 Å². The number of benzene rings is 2. The molecule has 3 rings (SSSR count). The first-order chi connectivity index (χ1) is 12.3. The van der Waals surface area contributed by atoms with Gasteiger partial charge in [0.2, 0.25) is 17.4 Å². The number of nitrogens with two attached hydrogens (primary N) is 1. The molecule has 26 heavy (non-hydrogen) atoms. The Morgan fingerprint density at radius 1 is 1.15 bits per heavy atom. The van der Waals surface area contributed by atoms with Gasteiger partial charge in [-0.2, -0.15) is 8.42 Å². The summed E-state index contributed by atoms with van der Waals surface area (Å²) in [7, 11) is -4.17. The standard InChI is InChI=1S/C17H13ClFNO5S/c18-12-8-4-7-11(13(12)19)15-14(21)16(17(20)24-15)25-26(22,23)9-10-5-2-1-3-6-10/h1-8,15H,9,20H2/t15-/m1/s1. The summed E-state index contributed by atoms with van der Waals surface area (Å²) in [5, 5.41) is -0.205. The number of ketones is 1. The number of hydrogen-bond donors (Lipinski definition) is 1. The van der Waals surface area contributed by atoms with Crippen LogP contribution >= 0.6 is 11.6 Å². The van der Waals surface area contributed by atoms with Crippen molar-refractivity contribution in [3.63, 3.8) is 0 Å². The summed E-state index contributed by atoms with van der Waals surface area (Å²) in [5.74, 6) is -3.43. The molecule has 0 radical (unpaired) electrons. The summed E-state index contributed by atoms with van der Waals surface area (Å²) >= 11 is 5.70. The molecule has 0 aromatic heterocycles. The fourth-order valence-electron chi connectivity index (χ4n) is 2.42. The van der Waals surface area contributed by atoms with E-state index in [-0.39, 0.29) is 10.6 Å². The minimum Gasteiger partial charge on any atom is -0.460 e. The average Bonchev–Trinajstić information content (AvgIpc) is 2.85. The molecular weight excluding hydrogens is 385 g/mol. The molecule has 0 saturated carbocycles. The highest BCUT2D eigenvalue weighted by molar-refractivity contribution is 7.86. The summed E-state index contributed by atoms with van der Waals surface area (Å²) in [6, 6.07) is 12.3. The Hall–Kier alpha value is -2.58. The Morgan fingerprint density at radius 2 is 1.85 bits per heavy atom. The van der Waals surface area contributed by atoms with Crippen LogP contribution < -0.4 is 5.73 Å². The van der Waals surface area contributed by atoms with E-state index in [1.165, 1.54) is 18.2 Å². The van der Waals surface area contributed by atoms with Crippen LogP contribution in [0.4, 0.5) is 4.39 Å². The van der Waals surface area contributed by atoms with Crippen LogP contribution in [0.2, 0.25) is 5.02 Å². The first-order valence-electron chi connectivity index (χ1n) is 7.39. The van der Waals surface area contributed by atoms with Gasteiger partial charge in [0.15, 0.2) is 6.10 Å². The quantitative estimate of drug-likeness (QED) is 0.779. The van der Waals surface area contributed by atoms with Crippen LogP contribution in [-0.4, -0.2) is 14.2 Å². The van der Waals surface area contributed by atoms with Gasteiger partial charge in [-0.1, -0.05) is 54.1 Å². The van der Waals surface area contributed by atoms with Crippen molar-refractivity contribution in [3.05, 3.63) is 82.1 Å². The second-order valence-electron chi connectivity index (χ2n) is 5.47.